The van der Waals surface area contributed by atoms with Gasteiger partial charge in [0.2, 0.25) is 0 Å². The molecule has 1 amide bonds. The van der Waals surface area contributed by atoms with Crippen LogP contribution < -0.4 is 5.32 Å². The van der Waals surface area contributed by atoms with Crippen LogP contribution in [-0.4, -0.2) is 60.6 Å². The molecular weight excluding hydrogens is 492 g/mol. The molecule has 14 heteroatoms. The van der Waals surface area contributed by atoms with E-state index in [9.17, 15) is 31.1 Å². The van der Waals surface area contributed by atoms with Crippen molar-refractivity contribution in [2.24, 2.45) is 13.0 Å². The number of carbonyl (C=O) groups excluding carboxylic acids is 1. The lowest BCUT2D eigenvalue weighted by atomic mass is 9.88. The number of alkyl halides is 5. The van der Waals surface area contributed by atoms with Crippen LogP contribution in [0.4, 0.5) is 32.2 Å². The molecule has 8 nitrogen and oxygen atoms in total. The topological polar surface area (TPSA) is 88.8 Å². The van der Waals surface area contributed by atoms with E-state index in [-0.39, 0.29) is 29.3 Å². The van der Waals surface area contributed by atoms with Crippen LogP contribution in [0.2, 0.25) is 0 Å². The lowest BCUT2D eigenvalue weighted by molar-refractivity contribution is -0.141. The van der Waals surface area contributed by atoms with E-state index in [0.29, 0.717) is 6.20 Å². The van der Waals surface area contributed by atoms with E-state index in [2.05, 4.69) is 25.4 Å². The Kier molecular flexibility index (Phi) is 6.62. The fourth-order valence-corrected chi connectivity index (χ4v) is 4.16. The predicted octanol–water partition coefficient (Wildman–Crippen LogP) is 4.03. The van der Waals surface area contributed by atoms with Crippen LogP contribution in [0.3, 0.4) is 0 Å². The first-order valence-electron chi connectivity index (χ1n) is 10.8. The number of hydrogen-bond donors (Lipinski definition) is 1. The van der Waals surface area contributed by atoms with Crippen LogP contribution in [0.25, 0.3) is 11.3 Å². The summed E-state index contributed by atoms with van der Waals surface area (Å²) in [6.45, 7) is 0.604. The van der Waals surface area contributed by atoms with Gasteiger partial charge in [-0.1, -0.05) is 6.92 Å². The van der Waals surface area contributed by atoms with E-state index in [0.717, 1.165) is 23.4 Å². The normalized spacial score (nSPS) is 19.8. The Morgan fingerprint density at radius 2 is 1.92 bits per heavy atom. The van der Waals surface area contributed by atoms with Gasteiger partial charge in [-0.25, -0.2) is 23.1 Å². The predicted molar refractivity (Wildman–Crippen MR) is 115 cm³/mol. The Morgan fingerprint density at radius 1 is 1.17 bits per heavy atom. The van der Waals surface area contributed by atoms with E-state index in [4.69, 9.17) is 0 Å². The number of hydrogen-bond acceptors (Lipinski definition) is 6. The fraction of sp³-hybridized carbons (Fsp3) is 0.409. The standard InChI is InChI=1S/C22H21F6N7O/c1-12-5-21(24,25)11-35(16(12)7-31-18-9-30-17(8-32-18)22(26,27)28)20(36)19-14(10-34(2)33-19)15-4-3-13(23)6-29-15/h3-4,6,8-10,12,16H,5,7,11H2,1-2H3,(H,31,32)/t12-,16?/m1/s1. The lowest BCUT2D eigenvalue weighted by Gasteiger charge is -2.43. The number of piperidine rings is 1. The van der Waals surface area contributed by atoms with Gasteiger partial charge in [-0.2, -0.15) is 18.3 Å². The molecule has 1 saturated heterocycles. The number of nitrogens with zero attached hydrogens (tertiary/aromatic N) is 6. The van der Waals surface area contributed by atoms with Gasteiger partial charge in [0.1, 0.15) is 11.6 Å². The first-order chi connectivity index (χ1) is 16.8. The Labute approximate surface area is 201 Å². The van der Waals surface area contributed by atoms with Crippen molar-refractivity contribution in [2.45, 2.75) is 31.5 Å². The number of nitrogens with one attached hydrogen (secondary N) is 1. The van der Waals surface area contributed by atoms with Gasteiger partial charge in [0.15, 0.2) is 11.4 Å². The summed E-state index contributed by atoms with van der Waals surface area (Å²) in [4.78, 5) is 25.5. The molecular formula is C22H21F6N7O. The average molecular weight is 513 g/mol. The number of aryl methyl sites for hydroxylation is 1. The molecule has 0 radical (unpaired) electrons. The number of halogens is 6. The summed E-state index contributed by atoms with van der Waals surface area (Å²) in [5.74, 6) is -5.22. The molecule has 0 bridgehead atoms. The molecule has 1 aliphatic rings. The van der Waals surface area contributed by atoms with E-state index in [1.54, 1.807) is 14.0 Å². The van der Waals surface area contributed by atoms with Crippen molar-refractivity contribution < 1.29 is 31.1 Å². The maximum Gasteiger partial charge on any atom is 0.434 e. The minimum absolute atomic E-state index is 0.00558. The molecule has 4 heterocycles. The SMILES string of the molecule is C[C@@H]1CC(F)(F)CN(C(=O)c2nn(C)cc2-c2ccc(F)cn2)C1CNc1cnc(C(F)(F)F)cn1. The van der Waals surface area contributed by atoms with Gasteiger partial charge in [0, 0.05) is 26.2 Å². The van der Waals surface area contributed by atoms with Gasteiger partial charge in [-0.05, 0) is 18.1 Å². The molecule has 0 spiro atoms. The van der Waals surface area contributed by atoms with Crippen molar-refractivity contribution >= 4 is 11.7 Å². The first-order valence-corrected chi connectivity index (χ1v) is 10.8. The smallest absolute Gasteiger partial charge is 0.367 e. The summed E-state index contributed by atoms with van der Waals surface area (Å²) in [5, 5.41) is 6.93. The summed E-state index contributed by atoms with van der Waals surface area (Å²) < 4.78 is 81.9. The summed E-state index contributed by atoms with van der Waals surface area (Å²) in [7, 11) is 1.54. The van der Waals surface area contributed by atoms with Gasteiger partial charge in [-0.15, -0.1) is 0 Å². The number of amides is 1. The second-order valence-corrected chi connectivity index (χ2v) is 8.63. The Morgan fingerprint density at radius 3 is 2.53 bits per heavy atom. The van der Waals surface area contributed by atoms with E-state index in [1.165, 1.54) is 16.9 Å². The highest BCUT2D eigenvalue weighted by Gasteiger charge is 2.47. The Bertz CT molecular complexity index is 1230. The van der Waals surface area contributed by atoms with E-state index >= 15 is 0 Å². The molecule has 3 aromatic heterocycles. The van der Waals surface area contributed by atoms with Crippen LogP contribution in [0.15, 0.2) is 36.9 Å². The van der Waals surface area contributed by atoms with Crippen LogP contribution >= 0.6 is 0 Å². The maximum absolute atomic E-state index is 14.5. The average Bonchev–Trinajstić information content (AvgIpc) is 3.19. The van der Waals surface area contributed by atoms with Crippen molar-refractivity contribution in [3.8, 4) is 11.3 Å². The molecule has 192 valence electrons. The largest absolute Gasteiger partial charge is 0.434 e. The third kappa shape index (κ3) is 5.41. The molecule has 1 aliphatic heterocycles. The third-order valence-corrected chi connectivity index (χ3v) is 5.81. The van der Waals surface area contributed by atoms with Crippen molar-refractivity contribution in [3.63, 3.8) is 0 Å². The van der Waals surface area contributed by atoms with Crippen molar-refractivity contribution in [2.75, 3.05) is 18.4 Å². The van der Waals surface area contributed by atoms with Gasteiger partial charge in [0.25, 0.3) is 11.8 Å². The Balaban J connectivity index is 1.60. The first kappa shape index (κ1) is 25.4. The number of carbonyl (C=O) groups is 1. The van der Waals surface area contributed by atoms with Crippen molar-refractivity contribution in [1.82, 2.24) is 29.6 Å². The number of aromatic nitrogens is 5. The summed E-state index contributed by atoms with van der Waals surface area (Å²) >= 11 is 0. The molecule has 0 saturated carbocycles. The van der Waals surface area contributed by atoms with Crippen LogP contribution in [0.1, 0.15) is 29.5 Å². The molecule has 4 rings (SSSR count). The van der Waals surface area contributed by atoms with Crippen LogP contribution in [0, 0.1) is 11.7 Å². The number of pyridine rings is 1. The molecule has 1 unspecified atom stereocenters. The molecule has 2 atom stereocenters. The zero-order chi connectivity index (χ0) is 26.3. The minimum atomic E-state index is -4.65. The molecule has 36 heavy (non-hydrogen) atoms. The van der Waals surface area contributed by atoms with E-state index < -0.39 is 54.4 Å². The van der Waals surface area contributed by atoms with Crippen LogP contribution in [-0.2, 0) is 13.2 Å². The Hall–Kier alpha value is -3.71. The summed E-state index contributed by atoms with van der Waals surface area (Å²) in [6, 6.07) is 1.73. The lowest BCUT2D eigenvalue weighted by Crippen LogP contribution is -2.57. The van der Waals surface area contributed by atoms with E-state index in [1.807, 2.05) is 0 Å². The molecule has 0 aliphatic carbocycles. The highest BCUT2D eigenvalue weighted by atomic mass is 19.4. The minimum Gasteiger partial charge on any atom is -0.367 e. The highest BCUT2D eigenvalue weighted by Crippen LogP contribution is 2.36. The fourth-order valence-electron chi connectivity index (χ4n) is 4.16. The van der Waals surface area contributed by atoms with Gasteiger partial charge in [0.05, 0.1) is 42.4 Å². The number of rotatable bonds is 5. The zero-order valence-corrected chi connectivity index (χ0v) is 19.1. The second kappa shape index (κ2) is 9.39. The second-order valence-electron chi connectivity index (χ2n) is 8.63. The van der Waals surface area contributed by atoms with Crippen molar-refractivity contribution in [3.05, 3.63) is 54.1 Å². The molecule has 3 aromatic rings. The quantitative estimate of drug-likeness (QED) is 0.519. The highest BCUT2D eigenvalue weighted by molar-refractivity contribution is 5.98. The zero-order valence-electron chi connectivity index (χ0n) is 19.1. The molecule has 1 fully saturated rings. The summed E-state index contributed by atoms with van der Waals surface area (Å²) in [6.07, 6.45) is -1.27. The molecule has 1 N–H and O–H groups in total. The van der Waals surface area contributed by atoms with Gasteiger partial charge < -0.3 is 10.2 Å². The maximum atomic E-state index is 14.5. The summed E-state index contributed by atoms with van der Waals surface area (Å²) in [5.41, 5.74) is -0.836. The number of likely N-dealkylation sites (tertiary alicyclic amines) is 1. The van der Waals surface area contributed by atoms with Crippen LogP contribution in [0.5, 0.6) is 0 Å². The third-order valence-electron chi connectivity index (χ3n) is 5.81. The van der Waals surface area contributed by atoms with Gasteiger partial charge in [-0.3, -0.25) is 14.5 Å². The monoisotopic (exact) mass is 513 g/mol. The van der Waals surface area contributed by atoms with Gasteiger partial charge >= 0.3 is 6.18 Å². The molecule has 0 aromatic carbocycles. The number of anilines is 1. The van der Waals surface area contributed by atoms with Crippen molar-refractivity contribution in [1.29, 1.82) is 0 Å².